The number of alkyl halides is 3. The molecular weight excluding hydrogens is 327 g/mol. The summed E-state index contributed by atoms with van der Waals surface area (Å²) in [5, 5.41) is 2.51. The van der Waals surface area contributed by atoms with Crippen LogP contribution in [0.25, 0.3) is 11.0 Å². The number of carbonyl (C=O) groups excluding carboxylic acids is 1. The van der Waals surface area contributed by atoms with Crippen LogP contribution in [-0.2, 0) is 4.79 Å². The molecule has 9 heteroatoms. The molecule has 0 fully saturated rings. The first kappa shape index (κ1) is 14.6. The Morgan fingerprint density at radius 1 is 1.33 bits per heavy atom. The van der Waals surface area contributed by atoms with E-state index in [0.717, 1.165) is 0 Å². The van der Waals surface area contributed by atoms with E-state index >= 15 is 0 Å². The number of anilines is 1. The predicted octanol–water partition coefficient (Wildman–Crippen LogP) is 3.05. The SMILES string of the molecule is O=C(Nc1nc2cc3c(cc2[nH]1)OC(F)(F)O3)C1=CC=CC(F)C1. The quantitative estimate of drug-likeness (QED) is 0.883. The molecule has 2 aliphatic rings. The number of H-pyrrole nitrogens is 1. The van der Waals surface area contributed by atoms with Crippen LogP contribution in [-0.4, -0.2) is 28.3 Å². The standard InChI is InChI=1S/C15H10F3N3O3/c16-8-3-1-2-7(4-8)13(22)21-14-19-9-5-11-12(6-10(9)20-14)24-15(17,18)23-11/h1-3,5-6,8H,4H2,(H2,19,20,21,22). The second-order valence-corrected chi connectivity index (χ2v) is 5.32. The fourth-order valence-electron chi connectivity index (χ4n) is 2.51. The van der Waals surface area contributed by atoms with Gasteiger partial charge in [0.2, 0.25) is 5.95 Å². The lowest BCUT2D eigenvalue weighted by molar-refractivity contribution is -0.286. The van der Waals surface area contributed by atoms with Gasteiger partial charge in [0.1, 0.15) is 6.17 Å². The van der Waals surface area contributed by atoms with E-state index in [0.29, 0.717) is 11.0 Å². The van der Waals surface area contributed by atoms with Crippen LogP contribution >= 0.6 is 0 Å². The van der Waals surface area contributed by atoms with Crippen molar-refractivity contribution in [3.05, 3.63) is 35.9 Å². The summed E-state index contributed by atoms with van der Waals surface area (Å²) in [6, 6.07) is 2.58. The summed E-state index contributed by atoms with van der Waals surface area (Å²) >= 11 is 0. The van der Waals surface area contributed by atoms with Gasteiger partial charge in [0, 0.05) is 24.1 Å². The molecule has 1 amide bonds. The number of nitrogens with zero attached hydrogens (tertiary/aromatic N) is 1. The minimum absolute atomic E-state index is 0.0202. The average Bonchev–Trinajstić information content (AvgIpc) is 3.01. The molecule has 124 valence electrons. The van der Waals surface area contributed by atoms with Crippen LogP contribution in [0.3, 0.4) is 0 Å². The van der Waals surface area contributed by atoms with Crippen LogP contribution in [0.1, 0.15) is 6.42 Å². The van der Waals surface area contributed by atoms with Gasteiger partial charge in [0.25, 0.3) is 5.91 Å². The maximum absolute atomic E-state index is 13.3. The Labute approximate surface area is 133 Å². The molecule has 2 heterocycles. The van der Waals surface area contributed by atoms with Gasteiger partial charge in [-0.3, -0.25) is 10.1 Å². The Bertz CT molecular complexity index is 859. The second kappa shape index (κ2) is 5.02. The normalized spacial score (nSPS) is 21.0. The fourth-order valence-corrected chi connectivity index (χ4v) is 2.51. The van der Waals surface area contributed by atoms with Crippen molar-refractivity contribution in [2.45, 2.75) is 18.9 Å². The summed E-state index contributed by atoms with van der Waals surface area (Å²) in [5.74, 6) is -0.657. The number of halogens is 3. The zero-order valence-corrected chi connectivity index (χ0v) is 12.0. The molecule has 6 nitrogen and oxygen atoms in total. The maximum atomic E-state index is 13.3. The number of rotatable bonds is 2. The van der Waals surface area contributed by atoms with Crippen molar-refractivity contribution in [1.82, 2.24) is 9.97 Å². The van der Waals surface area contributed by atoms with E-state index in [1.54, 1.807) is 0 Å². The number of nitrogens with one attached hydrogen (secondary N) is 2. The highest BCUT2D eigenvalue weighted by atomic mass is 19.3. The van der Waals surface area contributed by atoms with Crippen molar-refractivity contribution in [1.29, 1.82) is 0 Å². The number of aromatic nitrogens is 2. The lowest BCUT2D eigenvalue weighted by Crippen LogP contribution is -2.25. The first-order valence-electron chi connectivity index (χ1n) is 7.02. The number of ether oxygens (including phenoxy) is 2. The fraction of sp³-hybridized carbons (Fsp3) is 0.200. The van der Waals surface area contributed by atoms with Gasteiger partial charge in [-0.1, -0.05) is 18.2 Å². The maximum Gasteiger partial charge on any atom is 0.586 e. The van der Waals surface area contributed by atoms with E-state index in [4.69, 9.17) is 0 Å². The molecule has 1 aromatic carbocycles. The van der Waals surface area contributed by atoms with Gasteiger partial charge in [-0.05, 0) is 0 Å². The Hall–Kier alpha value is -2.97. The van der Waals surface area contributed by atoms with Crippen LogP contribution in [0.5, 0.6) is 11.5 Å². The Morgan fingerprint density at radius 2 is 2.08 bits per heavy atom. The molecule has 0 spiro atoms. The largest absolute Gasteiger partial charge is 0.586 e. The first-order chi connectivity index (χ1) is 11.4. The number of carbonyl (C=O) groups is 1. The number of imidazole rings is 1. The van der Waals surface area contributed by atoms with E-state index in [2.05, 4.69) is 24.8 Å². The van der Waals surface area contributed by atoms with Gasteiger partial charge in [0.15, 0.2) is 11.5 Å². The van der Waals surface area contributed by atoms with Gasteiger partial charge >= 0.3 is 6.29 Å². The zero-order valence-electron chi connectivity index (χ0n) is 12.0. The first-order valence-corrected chi connectivity index (χ1v) is 7.02. The molecule has 0 bridgehead atoms. The molecular formula is C15H10F3N3O3. The van der Waals surface area contributed by atoms with Gasteiger partial charge in [-0.25, -0.2) is 9.37 Å². The number of fused-ring (bicyclic) bond motifs is 2. The van der Waals surface area contributed by atoms with Crippen LogP contribution < -0.4 is 14.8 Å². The highest BCUT2D eigenvalue weighted by Gasteiger charge is 2.43. The van der Waals surface area contributed by atoms with Gasteiger partial charge in [-0.2, -0.15) is 0 Å². The Morgan fingerprint density at radius 3 is 2.83 bits per heavy atom. The van der Waals surface area contributed by atoms with Crippen LogP contribution in [0.2, 0.25) is 0 Å². The van der Waals surface area contributed by atoms with E-state index in [9.17, 15) is 18.0 Å². The summed E-state index contributed by atoms with van der Waals surface area (Å²) in [6.45, 7) is 0. The van der Waals surface area contributed by atoms with Crippen molar-refractivity contribution in [2.24, 2.45) is 0 Å². The summed E-state index contributed by atoms with van der Waals surface area (Å²) in [4.78, 5) is 18.9. The molecule has 1 aliphatic heterocycles. The third-order valence-electron chi connectivity index (χ3n) is 3.56. The molecule has 24 heavy (non-hydrogen) atoms. The van der Waals surface area contributed by atoms with Crippen molar-refractivity contribution in [2.75, 3.05) is 5.32 Å². The van der Waals surface area contributed by atoms with E-state index < -0.39 is 18.4 Å². The van der Waals surface area contributed by atoms with Crippen LogP contribution in [0.4, 0.5) is 19.1 Å². The lowest BCUT2D eigenvalue weighted by Gasteiger charge is -2.10. The average molecular weight is 337 g/mol. The second-order valence-electron chi connectivity index (χ2n) is 5.32. The molecule has 1 atom stereocenters. The Balaban J connectivity index is 1.57. The molecule has 1 unspecified atom stereocenters. The topological polar surface area (TPSA) is 76.2 Å². The highest BCUT2D eigenvalue weighted by molar-refractivity contribution is 6.04. The van der Waals surface area contributed by atoms with Crippen LogP contribution in [0, 0.1) is 0 Å². The van der Waals surface area contributed by atoms with Gasteiger partial charge in [0.05, 0.1) is 11.0 Å². The smallest absolute Gasteiger partial charge is 0.395 e. The summed E-state index contributed by atoms with van der Waals surface area (Å²) in [6.07, 6.45) is -0.580. The molecule has 0 saturated carbocycles. The van der Waals surface area contributed by atoms with Crippen LogP contribution in [0.15, 0.2) is 35.9 Å². The minimum atomic E-state index is -3.71. The third kappa shape index (κ3) is 2.57. The molecule has 2 N–H and O–H groups in total. The lowest BCUT2D eigenvalue weighted by atomic mass is 10.0. The van der Waals surface area contributed by atoms with E-state index in [-0.39, 0.29) is 29.4 Å². The number of benzene rings is 1. The van der Waals surface area contributed by atoms with Crippen molar-refractivity contribution in [3.63, 3.8) is 0 Å². The zero-order chi connectivity index (χ0) is 16.9. The molecule has 2 aromatic rings. The predicted molar refractivity (Wildman–Crippen MR) is 77.7 cm³/mol. The number of aromatic amines is 1. The Kier molecular flexibility index (Phi) is 3.05. The molecule has 4 rings (SSSR count). The molecule has 0 radical (unpaired) electrons. The molecule has 0 saturated heterocycles. The summed E-state index contributed by atoms with van der Waals surface area (Å²) in [5.41, 5.74) is 0.969. The van der Waals surface area contributed by atoms with Gasteiger partial charge < -0.3 is 14.5 Å². The van der Waals surface area contributed by atoms with E-state index in [1.807, 2.05) is 0 Å². The van der Waals surface area contributed by atoms with Gasteiger partial charge in [-0.15, -0.1) is 8.78 Å². The number of hydrogen-bond donors (Lipinski definition) is 2. The number of hydrogen-bond acceptors (Lipinski definition) is 4. The molecule has 1 aliphatic carbocycles. The third-order valence-corrected chi connectivity index (χ3v) is 3.56. The number of allylic oxidation sites excluding steroid dienone is 3. The minimum Gasteiger partial charge on any atom is -0.395 e. The monoisotopic (exact) mass is 337 g/mol. The molecule has 1 aromatic heterocycles. The summed E-state index contributed by atoms with van der Waals surface area (Å²) in [7, 11) is 0. The highest BCUT2D eigenvalue weighted by Crippen LogP contribution is 2.42. The summed E-state index contributed by atoms with van der Waals surface area (Å²) < 4.78 is 48.0. The number of amides is 1. The van der Waals surface area contributed by atoms with Crippen molar-refractivity contribution in [3.8, 4) is 11.5 Å². The van der Waals surface area contributed by atoms with Crippen molar-refractivity contribution >= 4 is 22.9 Å². The van der Waals surface area contributed by atoms with Crippen molar-refractivity contribution < 1.29 is 27.4 Å². The van der Waals surface area contributed by atoms with E-state index in [1.165, 1.54) is 30.4 Å².